The molecule has 0 radical (unpaired) electrons. The van der Waals surface area contributed by atoms with E-state index in [1.165, 1.54) is 22.9 Å². The van der Waals surface area contributed by atoms with Gasteiger partial charge >= 0.3 is 0 Å². The Balaban J connectivity index is 2.18. The van der Waals surface area contributed by atoms with Crippen molar-refractivity contribution in [2.45, 2.75) is 25.9 Å². The number of aryl methyl sites for hydroxylation is 1. The number of aromatic nitrogens is 4. The monoisotopic (exact) mass is 267 g/mol. The van der Waals surface area contributed by atoms with Crippen LogP contribution in [0.3, 0.4) is 0 Å². The quantitative estimate of drug-likeness (QED) is 0.919. The van der Waals surface area contributed by atoms with Crippen LogP contribution in [0.4, 0.5) is 8.78 Å². The molecular weight excluding hydrogens is 252 g/mol. The van der Waals surface area contributed by atoms with Gasteiger partial charge in [0.05, 0.1) is 6.04 Å². The standard InChI is InChI=1S/C12H15F2N5/c1-7(11-9(13)5-4-6-10(11)14)15-8(2)12-16-17-18-19(12)3/h4-8,15H,1-3H3/t7-,8-/m0/s1. The van der Waals surface area contributed by atoms with Gasteiger partial charge in [-0.3, -0.25) is 0 Å². The van der Waals surface area contributed by atoms with E-state index in [0.717, 1.165) is 0 Å². The average Bonchev–Trinajstić information content (AvgIpc) is 2.75. The first-order valence-corrected chi connectivity index (χ1v) is 5.93. The molecule has 2 aromatic rings. The van der Waals surface area contributed by atoms with Gasteiger partial charge in [0.15, 0.2) is 5.82 Å². The second kappa shape index (κ2) is 5.40. The molecule has 0 amide bonds. The van der Waals surface area contributed by atoms with Crippen molar-refractivity contribution in [3.8, 4) is 0 Å². The molecule has 2 atom stereocenters. The van der Waals surface area contributed by atoms with Crippen molar-refractivity contribution in [2.24, 2.45) is 7.05 Å². The summed E-state index contributed by atoms with van der Waals surface area (Å²) in [5, 5.41) is 14.2. The normalized spacial score (nSPS) is 14.4. The molecule has 0 bridgehead atoms. The fourth-order valence-corrected chi connectivity index (χ4v) is 2.06. The number of benzene rings is 1. The Kier molecular flexibility index (Phi) is 3.84. The van der Waals surface area contributed by atoms with E-state index in [-0.39, 0.29) is 11.6 Å². The van der Waals surface area contributed by atoms with Gasteiger partial charge in [-0.15, -0.1) is 5.10 Å². The van der Waals surface area contributed by atoms with Crippen LogP contribution in [0, 0.1) is 11.6 Å². The Labute approximate surface area is 109 Å². The number of nitrogens with zero attached hydrogens (tertiary/aromatic N) is 4. The molecule has 0 spiro atoms. The van der Waals surface area contributed by atoms with Gasteiger partial charge in [-0.25, -0.2) is 13.5 Å². The van der Waals surface area contributed by atoms with E-state index < -0.39 is 17.7 Å². The van der Waals surface area contributed by atoms with Crippen LogP contribution in [0.15, 0.2) is 18.2 Å². The summed E-state index contributed by atoms with van der Waals surface area (Å²) < 4.78 is 28.8. The number of halogens is 2. The second-order valence-corrected chi connectivity index (χ2v) is 4.41. The maximum absolute atomic E-state index is 13.6. The summed E-state index contributed by atoms with van der Waals surface area (Å²) in [4.78, 5) is 0. The Bertz CT molecular complexity index is 549. The third-order valence-corrected chi connectivity index (χ3v) is 2.97. The Morgan fingerprint density at radius 1 is 1.16 bits per heavy atom. The molecule has 19 heavy (non-hydrogen) atoms. The maximum Gasteiger partial charge on any atom is 0.167 e. The van der Waals surface area contributed by atoms with Crippen molar-refractivity contribution in [2.75, 3.05) is 0 Å². The summed E-state index contributed by atoms with van der Waals surface area (Å²) >= 11 is 0. The number of nitrogens with one attached hydrogen (secondary N) is 1. The summed E-state index contributed by atoms with van der Waals surface area (Å²) in [7, 11) is 1.71. The van der Waals surface area contributed by atoms with E-state index in [9.17, 15) is 8.78 Å². The van der Waals surface area contributed by atoms with Crippen molar-refractivity contribution < 1.29 is 8.78 Å². The van der Waals surface area contributed by atoms with Gasteiger partial charge in [-0.1, -0.05) is 6.07 Å². The van der Waals surface area contributed by atoms with Crippen LogP contribution >= 0.6 is 0 Å². The van der Waals surface area contributed by atoms with Crippen LogP contribution in [-0.2, 0) is 7.05 Å². The minimum atomic E-state index is -0.566. The van der Waals surface area contributed by atoms with Crippen LogP contribution in [-0.4, -0.2) is 20.2 Å². The van der Waals surface area contributed by atoms with E-state index in [2.05, 4.69) is 20.8 Å². The molecule has 0 saturated carbocycles. The lowest BCUT2D eigenvalue weighted by atomic mass is 10.1. The number of hydrogen-bond donors (Lipinski definition) is 1. The lowest BCUT2D eigenvalue weighted by Gasteiger charge is -2.20. The highest BCUT2D eigenvalue weighted by Crippen LogP contribution is 2.22. The summed E-state index contributed by atoms with van der Waals surface area (Å²) in [5.74, 6) is -0.532. The van der Waals surface area contributed by atoms with Gasteiger partial charge < -0.3 is 5.32 Å². The predicted molar refractivity (Wildman–Crippen MR) is 65.1 cm³/mol. The lowest BCUT2D eigenvalue weighted by Crippen LogP contribution is -2.26. The zero-order valence-electron chi connectivity index (χ0n) is 10.9. The van der Waals surface area contributed by atoms with Gasteiger partial charge in [-0.2, -0.15) is 0 Å². The summed E-state index contributed by atoms with van der Waals surface area (Å²) in [6.07, 6.45) is 0. The first-order chi connectivity index (χ1) is 9.00. The van der Waals surface area contributed by atoms with E-state index in [4.69, 9.17) is 0 Å². The van der Waals surface area contributed by atoms with Gasteiger partial charge in [0.25, 0.3) is 0 Å². The zero-order valence-corrected chi connectivity index (χ0v) is 10.9. The van der Waals surface area contributed by atoms with Crippen LogP contribution in [0.2, 0.25) is 0 Å². The summed E-state index contributed by atoms with van der Waals surface area (Å²) in [6.45, 7) is 3.53. The first kappa shape index (κ1) is 13.5. The van der Waals surface area contributed by atoms with Crippen LogP contribution in [0.5, 0.6) is 0 Å². The Morgan fingerprint density at radius 2 is 1.79 bits per heavy atom. The van der Waals surface area contributed by atoms with Crippen molar-refractivity contribution in [1.82, 2.24) is 25.5 Å². The molecule has 1 aromatic heterocycles. The molecule has 102 valence electrons. The van der Waals surface area contributed by atoms with E-state index in [1.54, 1.807) is 14.0 Å². The second-order valence-electron chi connectivity index (χ2n) is 4.41. The van der Waals surface area contributed by atoms with Crippen LogP contribution in [0.1, 0.15) is 37.3 Å². The molecule has 0 fully saturated rings. The highest BCUT2D eigenvalue weighted by atomic mass is 19.1. The number of tetrazole rings is 1. The fourth-order valence-electron chi connectivity index (χ4n) is 2.06. The third kappa shape index (κ3) is 2.76. The molecule has 0 saturated heterocycles. The Hall–Kier alpha value is -1.89. The van der Waals surface area contributed by atoms with Crippen molar-refractivity contribution in [3.63, 3.8) is 0 Å². The molecule has 0 aliphatic heterocycles. The Morgan fingerprint density at radius 3 is 2.32 bits per heavy atom. The van der Waals surface area contributed by atoms with E-state index in [1.807, 2.05) is 6.92 Å². The molecule has 1 N–H and O–H groups in total. The smallest absolute Gasteiger partial charge is 0.167 e. The van der Waals surface area contributed by atoms with E-state index >= 15 is 0 Å². The molecular formula is C12H15F2N5. The average molecular weight is 267 g/mol. The minimum absolute atomic E-state index is 0.0180. The molecule has 2 rings (SSSR count). The lowest BCUT2D eigenvalue weighted by molar-refractivity contribution is 0.430. The van der Waals surface area contributed by atoms with Crippen molar-refractivity contribution in [1.29, 1.82) is 0 Å². The third-order valence-electron chi connectivity index (χ3n) is 2.97. The van der Waals surface area contributed by atoms with Crippen molar-refractivity contribution in [3.05, 3.63) is 41.2 Å². The zero-order chi connectivity index (χ0) is 14.0. The number of hydrogen-bond acceptors (Lipinski definition) is 4. The highest BCUT2D eigenvalue weighted by molar-refractivity contribution is 5.23. The largest absolute Gasteiger partial charge is 0.301 e. The SMILES string of the molecule is C[C@H](N[C@@H](C)c1nnnn1C)c1c(F)cccc1F. The predicted octanol–water partition coefficient (Wildman–Crippen LogP) is 1.90. The highest BCUT2D eigenvalue weighted by Gasteiger charge is 2.20. The number of rotatable bonds is 4. The molecule has 1 heterocycles. The molecule has 0 unspecified atom stereocenters. The van der Waals surface area contributed by atoms with Gasteiger partial charge in [0, 0.05) is 18.7 Å². The summed E-state index contributed by atoms with van der Waals surface area (Å²) in [6, 6.07) is 3.11. The molecule has 0 aliphatic carbocycles. The van der Waals surface area contributed by atoms with Crippen molar-refractivity contribution >= 4 is 0 Å². The maximum atomic E-state index is 13.6. The summed E-state index contributed by atoms with van der Waals surface area (Å²) in [5.41, 5.74) is 0.0180. The van der Waals surface area contributed by atoms with Gasteiger partial charge in [0.2, 0.25) is 0 Å². The topological polar surface area (TPSA) is 55.6 Å². The molecule has 0 aliphatic rings. The van der Waals surface area contributed by atoms with Crippen LogP contribution < -0.4 is 5.32 Å². The fraction of sp³-hybridized carbons (Fsp3) is 0.417. The van der Waals surface area contributed by atoms with E-state index in [0.29, 0.717) is 5.82 Å². The molecule has 1 aromatic carbocycles. The molecule has 5 nitrogen and oxygen atoms in total. The molecule has 7 heteroatoms. The first-order valence-electron chi connectivity index (χ1n) is 5.93. The van der Waals surface area contributed by atoms with Gasteiger partial charge in [-0.05, 0) is 36.4 Å². The minimum Gasteiger partial charge on any atom is -0.301 e. The van der Waals surface area contributed by atoms with Crippen LogP contribution in [0.25, 0.3) is 0 Å². The van der Waals surface area contributed by atoms with Gasteiger partial charge in [0.1, 0.15) is 11.6 Å².